The molecule has 4 aliphatic rings. The molecule has 0 atom stereocenters. The van der Waals surface area contributed by atoms with Gasteiger partial charge in [-0.2, -0.15) is 0 Å². The Labute approximate surface area is 432 Å². The molecule has 5 amide bonds. The number of piperazine rings is 2. The molecular weight excluding hydrogens is 965 g/mol. The number of phenols is 2. The quantitative estimate of drug-likeness (QED) is 0.0536. The fourth-order valence-electron chi connectivity index (χ4n) is 9.28. The van der Waals surface area contributed by atoms with E-state index < -0.39 is 18.0 Å². The first kappa shape index (κ1) is 50.9. The highest BCUT2D eigenvalue weighted by molar-refractivity contribution is 6.23. The number of fused-ring (bicyclic) bond motifs is 3. The van der Waals surface area contributed by atoms with Gasteiger partial charge >= 0.3 is 12.1 Å². The number of nitrogens with zero attached hydrogens (tertiary/aromatic N) is 10. The Hall–Kier alpha value is -8.99. The van der Waals surface area contributed by atoms with Gasteiger partial charge in [-0.05, 0) is 84.6 Å². The van der Waals surface area contributed by atoms with E-state index in [2.05, 4.69) is 30.1 Å². The first-order valence-corrected chi connectivity index (χ1v) is 24.5. The summed E-state index contributed by atoms with van der Waals surface area (Å²) < 4.78 is 17.8. The van der Waals surface area contributed by atoms with Gasteiger partial charge in [0, 0.05) is 101 Å². The maximum Gasteiger partial charge on any atom is 0.415 e. The number of anilines is 3. The number of aromatic hydroxyl groups is 2. The van der Waals surface area contributed by atoms with Gasteiger partial charge in [0.1, 0.15) is 34.6 Å². The summed E-state index contributed by atoms with van der Waals surface area (Å²) in [4.78, 5) is 80.3. The van der Waals surface area contributed by atoms with Gasteiger partial charge in [0.2, 0.25) is 11.9 Å². The van der Waals surface area contributed by atoms with Gasteiger partial charge in [0.15, 0.2) is 11.5 Å². The fraction of sp³-hybridized carbons (Fsp3) is 0.327. The van der Waals surface area contributed by atoms with Crippen LogP contribution < -0.4 is 40.8 Å². The molecule has 8 N–H and O–H groups in total. The van der Waals surface area contributed by atoms with E-state index in [4.69, 9.17) is 36.1 Å². The minimum Gasteiger partial charge on any atom is -0.508 e. The number of amidine groups is 2. The van der Waals surface area contributed by atoms with Crippen molar-refractivity contribution in [1.82, 2.24) is 34.9 Å². The van der Waals surface area contributed by atoms with E-state index in [0.717, 1.165) is 35.2 Å². The highest BCUT2D eigenvalue weighted by Gasteiger charge is 2.34. The Morgan fingerprint density at radius 3 is 2.20 bits per heavy atom. The summed E-state index contributed by atoms with van der Waals surface area (Å²) in [5.74, 6) is 0.753. The van der Waals surface area contributed by atoms with Crippen molar-refractivity contribution >= 4 is 64.6 Å². The number of nitrogens with one attached hydrogen (secondary N) is 2. The Bertz CT molecular complexity index is 3040. The molecule has 0 radical (unpaired) electrons. The number of nitrogens with two attached hydrogens (primary N) is 2. The van der Waals surface area contributed by atoms with Crippen molar-refractivity contribution in [3.8, 4) is 28.7 Å². The number of urea groups is 1. The van der Waals surface area contributed by atoms with Crippen LogP contribution in [0.3, 0.4) is 0 Å². The highest BCUT2D eigenvalue weighted by Crippen LogP contribution is 2.43. The Kier molecular flexibility index (Phi) is 14.9. The number of guanidine groups is 1. The number of carbonyl (C=O) groups is 4. The zero-order valence-electron chi connectivity index (χ0n) is 41.7. The number of methoxy groups -OCH3 is 1. The van der Waals surface area contributed by atoms with Crippen LogP contribution >= 0.6 is 0 Å². The normalized spacial score (nSPS) is 15.4. The number of nitrogen functional groups attached to an aromatic ring is 1. The van der Waals surface area contributed by atoms with Gasteiger partial charge in [-0.3, -0.25) is 35.1 Å². The van der Waals surface area contributed by atoms with E-state index in [1.165, 1.54) is 30.6 Å². The molecule has 2 saturated heterocycles. The fourth-order valence-corrected chi connectivity index (χ4v) is 9.28. The topological polar surface area (TPSA) is 294 Å². The molecule has 9 rings (SSSR count). The van der Waals surface area contributed by atoms with E-state index in [1.807, 2.05) is 43.0 Å². The lowest BCUT2D eigenvalue weighted by Gasteiger charge is -2.36. The third-order valence-corrected chi connectivity index (χ3v) is 13.3. The molecule has 23 heteroatoms. The van der Waals surface area contributed by atoms with Crippen LogP contribution in [0.1, 0.15) is 63.6 Å². The largest absolute Gasteiger partial charge is 0.508 e. The first-order chi connectivity index (χ1) is 36.2. The molecule has 0 unspecified atom stereocenters. The van der Waals surface area contributed by atoms with E-state index in [0.29, 0.717) is 118 Å². The van der Waals surface area contributed by atoms with Crippen LogP contribution in [-0.2, 0) is 0 Å². The summed E-state index contributed by atoms with van der Waals surface area (Å²) in [6, 6.07) is 18.9. The van der Waals surface area contributed by atoms with Crippen LogP contribution in [-0.4, -0.2) is 167 Å². The molecule has 0 spiro atoms. The molecular formula is C52H58N14O9. The molecule has 75 heavy (non-hydrogen) atoms. The second kappa shape index (κ2) is 22.0. The van der Waals surface area contributed by atoms with Crippen LogP contribution in [0.5, 0.6) is 28.7 Å². The predicted octanol–water partition coefficient (Wildman–Crippen LogP) is 4.55. The Morgan fingerprint density at radius 1 is 0.840 bits per heavy atom. The monoisotopic (exact) mass is 1020 g/mol. The molecule has 0 saturated carbocycles. The smallest absolute Gasteiger partial charge is 0.415 e. The Balaban J connectivity index is 0.708. The molecule has 4 aromatic carbocycles. The Morgan fingerprint density at radius 2 is 1.53 bits per heavy atom. The molecule has 5 heterocycles. The van der Waals surface area contributed by atoms with E-state index in [9.17, 15) is 29.4 Å². The van der Waals surface area contributed by atoms with Gasteiger partial charge < -0.3 is 50.6 Å². The van der Waals surface area contributed by atoms with Gasteiger partial charge in [0.05, 0.1) is 37.1 Å². The van der Waals surface area contributed by atoms with Crippen molar-refractivity contribution in [2.75, 3.05) is 101 Å². The van der Waals surface area contributed by atoms with Gasteiger partial charge in [-0.15, -0.1) is 0 Å². The highest BCUT2D eigenvalue weighted by atomic mass is 16.6. The van der Waals surface area contributed by atoms with E-state index >= 15 is 0 Å². The van der Waals surface area contributed by atoms with Gasteiger partial charge in [0.25, 0.3) is 11.8 Å². The molecule has 23 nitrogen and oxygen atoms in total. The number of benzene rings is 4. The van der Waals surface area contributed by atoms with Crippen LogP contribution in [0.25, 0.3) is 0 Å². The molecule has 1 aromatic heterocycles. The van der Waals surface area contributed by atoms with Crippen LogP contribution in [0.2, 0.25) is 0 Å². The number of aliphatic imine (C=N–C) groups is 2. The third kappa shape index (κ3) is 11.0. The van der Waals surface area contributed by atoms with Crippen LogP contribution in [0.15, 0.2) is 95.2 Å². The lowest BCUT2D eigenvalue weighted by molar-refractivity contribution is 0.0746. The number of carbonyl (C=O) groups excluding carboxylic acids is 4. The van der Waals surface area contributed by atoms with Crippen molar-refractivity contribution < 1.29 is 43.6 Å². The van der Waals surface area contributed by atoms with Crippen molar-refractivity contribution in [2.24, 2.45) is 15.7 Å². The average molecular weight is 1020 g/mol. The maximum atomic E-state index is 13.6. The summed E-state index contributed by atoms with van der Waals surface area (Å²) in [6.07, 6.45) is 3.00. The molecule has 0 aliphatic carbocycles. The summed E-state index contributed by atoms with van der Waals surface area (Å²) in [6.45, 7) is 10.4. The third-order valence-electron chi connectivity index (χ3n) is 13.3. The number of hydrogen-bond donors (Lipinski definition) is 6. The summed E-state index contributed by atoms with van der Waals surface area (Å²) >= 11 is 0. The number of primary amides is 1. The van der Waals surface area contributed by atoms with Crippen molar-refractivity contribution in [1.29, 1.82) is 5.41 Å². The molecule has 5 aromatic rings. The predicted molar refractivity (Wildman–Crippen MR) is 280 cm³/mol. The van der Waals surface area contributed by atoms with Crippen molar-refractivity contribution in [3.05, 3.63) is 113 Å². The van der Waals surface area contributed by atoms with E-state index in [-0.39, 0.29) is 51.9 Å². The minimum atomic E-state index is -0.958. The average Bonchev–Trinajstić information content (AvgIpc) is 3.91. The summed E-state index contributed by atoms with van der Waals surface area (Å²) in [5, 5.41) is 32.4. The SMILES string of the molecule is COc1c(OCCCN2CCN(C(=O)Oc3ccc(N4CCN(C(=O)c5ccc(N(C(=N)c6cc(C(C)C)c(O)cc6O)C(N)=O)cc5)CC4)cc3)CC2)ccc2c1N=C(NC(=O)c1cnc(N)nc1)N1CCN=C21. The van der Waals surface area contributed by atoms with Crippen LogP contribution in [0.4, 0.5) is 32.6 Å². The van der Waals surface area contributed by atoms with Crippen LogP contribution in [0, 0.1) is 5.41 Å². The number of amides is 5. The molecule has 4 aliphatic heterocycles. The second-order valence-corrected chi connectivity index (χ2v) is 18.4. The second-order valence-electron chi connectivity index (χ2n) is 18.4. The van der Waals surface area contributed by atoms with Gasteiger partial charge in [-0.1, -0.05) is 13.8 Å². The number of phenolic OH excluding ortho intramolecular Hbond substituents is 2. The van der Waals surface area contributed by atoms with Crippen molar-refractivity contribution in [2.45, 2.75) is 26.2 Å². The molecule has 390 valence electrons. The standard InChI is InChI=1S/C52H58N14O9/c1-31(2)38-27-39(41(68)28-40(38)67)45(53)66(50(55)71)35-7-5-32(6-8-35)48(70)63-24-22-62(23-25-63)34-9-11-36(12-10-34)75-52(72)64-20-18-61(19-21-64)16-4-26-74-42-14-13-37-43(44(42)73-3)59-51(65-17-15-56-46(37)65)60-47(69)33-29-57-49(54)58-30-33/h5-14,27-31,53,67-68H,4,15-26H2,1-3H3,(H2,55,71)(H2,54,57,58)(H,59,60,69). The zero-order valence-corrected chi connectivity index (χ0v) is 41.7. The summed E-state index contributed by atoms with van der Waals surface area (Å²) in [7, 11) is 1.55. The number of hydrogen-bond acceptors (Lipinski definition) is 18. The molecule has 2 fully saturated rings. The number of aromatic nitrogens is 2. The number of ether oxygens (including phenoxy) is 3. The summed E-state index contributed by atoms with van der Waals surface area (Å²) in [5.41, 5.74) is 14.8. The van der Waals surface area contributed by atoms with Gasteiger partial charge in [-0.25, -0.2) is 29.4 Å². The zero-order chi connectivity index (χ0) is 52.9. The lowest BCUT2D eigenvalue weighted by atomic mass is 9.98. The maximum absolute atomic E-state index is 13.6. The first-order valence-electron chi connectivity index (χ1n) is 24.5. The van der Waals surface area contributed by atoms with E-state index in [1.54, 1.807) is 41.2 Å². The lowest BCUT2D eigenvalue weighted by Crippen LogP contribution is -2.49. The van der Waals surface area contributed by atoms with Crippen molar-refractivity contribution in [3.63, 3.8) is 0 Å². The molecule has 0 bridgehead atoms. The number of rotatable bonds is 13. The minimum absolute atomic E-state index is 0.0150.